The molecule has 0 spiro atoms. The van der Waals surface area contributed by atoms with Crippen molar-refractivity contribution in [2.75, 3.05) is 20.0 Å². The molecule has 3 N–H and O–H groups in total. The normalized spacial score (nSPS) is 10.4. The molecule has 0 aliphatic rings. The fourth-order valence-corrected chi connectivity index (χ4v) is 2.79. The fraction of sp³-hybridized carbons (Fsp3) is 0.125. The van der Waals surface area contributed by atoms with Crippen molar-refractivity contribution in [2.45, 2.75) is 0 Å². The summed E-state index contributed by atoms with van der Waals surface area (Å²) in [6, 6.07) is 26.5. The van der Waals surface area contributed by atoms with Crippen molar-refractivity contribution < 1.29 is 14.4 Å². The van der Waals surface area contributed by atoms with Gasteiger partial charge in [0.15, 0.2) is 0 Å². The molecule has 3 aromatic rings. The molecule has 0 saturated heterocycles. The Kier molecular flexibility index (Phi) is 7.90. The first kappa shape index (κ1) is 21.7. The van der Waals surface area contributed by atoms with Gasteiger partial charge in [-0.3, -0.25) is 19.3 Å². The third kappa shape index (κ3) is 6.80. The zero-order valence-electron chi connectivity index (χ0n) is 17.0. The number of hydrogen-bond acceptors (Lipinski definition) is 4. The minimum absolute atomic E-state index is 0.137. The number of nitrogens with zero attached hydrogens (tertiary/aromatic N) is 1. The summed E-state index contributed by atoms with van der Waals surface area (Å²) < 4.78 is 0. The van der Waals surface area contributed by atoms with E-state index in [1.807, 2.05) is 18.2 Å². The predicted octanol–water partition coefficient (Wildman–Crippen LogP) is 2.45. The highest BCUT2D eigenvalue weighted by Crippen LogP contribution is 2.01. The second kappa shape index (κ2) is 11.3. The average Bonchev–Trinajstić information content (AvgIpc) is 2.84. The molecule has 7 heteroatoms. The molecule has 3 aromatic carbocycles. The lowest BCUT2D eigenvalue weighted by Crippen LogP contribution is -2.48. The summed E-state index contributed by atoms with van der Waals surface area (Å²) in [5.74, 6) is -0.724. The van der Waals surface area contributed by atoms with Crippen LogP contribution in [-0.2, 0) is 0 Å². The number of benzene rings is 3. The largest absolute Gasteiger partial charge is 0.339 e. The Labute approximate surface area is 181 Å². The Bertz CT molecular complexity index is 863. The van der Waals surface area contributed by atoms with E-state index >= 15 is 0 Å². The Morgan fingerprint density at radius 3 is 1.00 bits per heavy atom. The van der Waals surface area contributed by atoms with Gasteiger partial charge in [-0.2, -0.15) is 0 Å². The summed E-state index contributed by atoms with van der Waals surface area (Å²) >= 11 is 0. The van der Waals surface area contributed by atoms with Gasteiger partial charge in [0.2, 0.25) is 0 Å². The maximum absolute atomic E-state index is 12.4. The molecule has 3 rings (SSSR count). The smallest absolute Gasteiger partial charge is 0.252 e. The van der Waals surface area contributed by atoms with Crippen molar-refractivity contribution in [3.8, 4) is 0 Å². The summed E-state index contributed by atoms with van der Waals surface area (Å²) in [6.45, 7) is 0.410. The van der Waals surface area contributed by atoms with E-state index in [1.54, 1.807) is 77.7 Å². The number of hydrogen-bond donors (Lipinski definition) is 3. The van der Waals surface area contributed by atoms with Crippen molar-refractivity contribution in [1.29, 1.82) is 0 Å². The van der Waals surface area contributed by atoms with Gasteiger partial charge in [0.25, 0.3) is 17.7 Å². The van der Waals surface area contributed by atoms with E-state index in [9.17, 15) is 14.4 Å². The van der Waals surface area contributed by atoms with Gasteiger partial charge in [-0.05, 0) is 36.4 Å². The fourth-order valence-electron chi connectivity index (χ4n) is 2.79. The number of carbonyl (C=O) groups excluding carboxylic acids is 3. The third-order valence-corrected chi connectivity index (χ3v) is 4.50. The Balaban J connectivity index is 1.59. The maximum atomic E-state index is 12.4. The number of nitrogens with one attached hydrogen (secondary N) is 3. The molecule has 31 heavy (non-hydrogen) atoms. The standard InChI is InChI=1S/C24H24N4O3/c29-22(19-10-4-1-5-11-19)25-16-28(17-26-23(30)20-12-6-2-7-13-20)18-27-24(31)21-14-8-3-9-15-21/h1-15H,16-18H2,(H,25,29)(H,26,30)(H,27,31). The first-order chi connectivity index (χ1) is 15.1. The highest BCUT2D eigenvalue weighted by Gasteiger charge is 2.13. The van der Waals surface area contributed by atoms with Crippen molar-refractivity contribution in [1.82, 2.24) is 20.9 Å². The van der Waals surface area contributed by atoms with Crippen LogP contribution in [0.1, 0.15) is 31.1 Å². The molecule has 0 bridgehead atoms. The maximum Gasteiger partial charge on any atom is 0.252 e. The lowest BCUT2D eigenvalue weighted by molar-refractivity contribution is 0.0858. The molecule has 0 radical (unpaired) electrons. The Morgan fingerprint density at radius 1 is 0.484 bits per heavy atom. The molecule has 0 aliphatic heterocycles. The van der Waals surface area contributed by atoms with E-state index in [0.29, 0.717) is 16.7 Å². The molecule has 0 heterocycles. The van der Waals surface area contributed by atoms with E-state index in [2.05, 4.69) is 16.0 Å². The number of rotatable bonds is 9. The zero-order chi connectivity index (χ0) is 21.9. The summed E-state index contributed by atoms with van der Waals surface area (Å²) in [5, 5.41) is 8.43. The zero-order valence-corrected chi connectivity index (χ0v) is 17.0. The van der Waals surface area contributed by atoms with Crippen LogP contribution in [0, 0.1) is 0 Å². The third-order valence-electron chi connectivity index (χ3n) is 4.50. The molecular weight excluding hydrogens is 392 g/mol. The molecule has 7 nitrogen and oxygen atoms in total. The SMILES string of the molecule is O=C(NCN(CNC(=O)c1ccccc1)CNC(=O)c1ccccc1)c1ccccc1. The van der Waals surface area contributed by atoms with Crippen LogP contribution in [0.15, 0.2) is 91.0 Å². The second-order valence-corrected chi connectivity index (χ2v) is 6.76. The summed E-state index contributed by atoms with van der Waals surface area (Å²) in [4.78, 5) is 38.8. The predicted molar refractivity (Wildman–Crippen MR) is 118 cm³/mol. The van der Waals surface area contributed by atoms with Gasteiger partial charge in [0.1, 0.15) is 0 Å². The van der Waals surface area contributed by atoms with Crippen molar-refractivity contribution in [3.63, 3.8) is 0 Å². The van der Waals surface area contributed by atoms with Gasteiger partial charge in [0, 0.05) is 16.7 Å². The van der Waals surface area contributed by atoms with Crippen LogP contribution in [0.2, 0.25) is 0 Å². The number of amides is 3. The van der Waals surface area contributed by atoms with Crippen LogP contribution < -0.4 is 16.0 Å². The van der Waals surface area contributed by atoms with Crippen molar-refractivity contribution in [2.24, 2.45) is 0 Å². The molecule has 3 amide bonds. The second-order valence-electron chi connectivity index (χ2n) is 6.76. The minimum Gasteiger partial charge on any atom is -0.339 e. The first-order valence-electron chi connectivity index (χ1n) is 9.85. The van der Waals surface area contributed by atoms with Crippen LogP contribution in [-0.4, -0.2) is 42.6 Å². The van der Waals surface area contributed by atoms with Crippen LogP contribution in [0.3, 0.4) is 0 Å². The van der Waals surface area contributed by atoms with E-state index < -0.39 is 0 Å². The highest BCUT2D eigenvalue weighted by atomic mass is 16.2. The summed E-state index contributed by atoms with van der Waals surface area (Å²) in [7, 11) is 0. The van der Waals surface area contributed by atoms with Gasteiger partial charge >= 0.3 is 0 Å². The van der Waals surface area contributed by atoms with E-state index in [-0.39, 0.29) is 37.7 Å². The number of carbonyl (C=O) groups is 3. The quantitative estimate of drug-likeness (QED) is 0.468. The average molecular weight is 416 g/mol. The molecule has 0 unspecified atom stereocenters. The van der Waals surface area contributed by atoms with Crippen LogP contribution in [0.4, 0.5) is 0 Å². The lowest BCUT2D eigenvalue weighted by atomic mass is 10.2. The molecule has 0 aliphatic carbocycles. The van der Waals surface area contributed by atoms with Crippen LogP contribution in [0.5, 0.6) is 0 Å². The first-order valence-corrected chi connectivity index (χ1v) is 9.85. The molecular formula is C24H24N4O3. The van der Waals surface area contributed by atoms with E-state index in [1.165, 1.54) is 0 Å². The van der Waals surface area contributed by atoms with Crippen LogP contribution >= 0.6 is 0 Å². The van der Waals surface area contributed by atoms with Crippen molar-refractivity contribution >= 4 is 17.7 Å². The Morgan fingerprint density at radius 2 is 0.742 bits per heavy atom. The highest BCUT2D eigenvalue weighted by molar-refractivity contribution is 5.95. The monoisotopic (exact) mass is 416 g/mol. The lowest BCUT2D eigenvalue weighted by Gasteiger charge is -2.23. The van der Waals surface area contributed by atoms with Crippen molar-refractivity contribution in [3.05, 3.63) is 108 Å². The topological polar surface area (TPSA) is 90.5 Å². The van der Waals surface area contributed by atoms with Gasteiger partial charge in [-0.25, -0.2) is 0 Å². The molecule has 0 fully saturated rings. The van der Waals surface area contributed by atoms with E-state index in [0.717, 1.165) is 0 Å². The molecule has 0 aromatic heterocycles. The van der Waals surface area contributed by atoms with Gasteiger partial charge in [-0.1, -0.05) is 54.6 Å². The van der Waals surface area contributed by atoms with Gasteiger partial charge < -0.3 is 16.0 Å². The molecule has 158 valence electrons. The molecule has 0 atom stereocenters. The summed E-state index contributed by atoms with van der Waals surface area (Å²) in [6.07, 6.45) is 0. The van der Waals surface area contributed by atoms with Crippen LogP contribution in [0.25, 0.3) is 0 Å². The minimum atomic E-state index is -0.241. The van der Waals surface area contributed by atoms with E-state index in [4.69, 9.17) is 0 Å². The summed E-state index contributed by atoms with van der Waals surface area (Å²) in [5.41, 5.74) is 1.59. The van der Waals surface area contributed by atoms with Gasteiger partial charge in [-0.15, -0.1) is 0 Å². The molecule has 0 saturated carbocycles. The Hall–Kier alpha value is -3.97. The van der Waals surface area contributed by atoms with Gasteiger partial charge in [0.05, 0.1) is 20.0 Å².